The molecule has 0 saturated carbocycles. The number of hydrogen-bond acceptors (Lipinski definition) is 2. The fourth-order valence-corrected chi connectivity index (χ4v) is 1.29. The standard InChI is InChI=1S/C13H18O2/c1-3-5-9-15-13-10-11(6-4-2)7-8-12(13)14/h4,7-8,10,14H,2-3,5-6,9H2,1H3. The van der Waals surface area contributed by atoms with Gasteiger partial charge in [-0.2, -0.15) is 0 Å². The first-order valence-electron chi connectivity index (χ1n) is 5.33. The largest absolute Gasteiger partial charge is 0.504 e. The normalized spacial score (nSPS) is 9.93. The Morgan fingerprint density at radius 1 is 1.47 bits per heavy atom. The van der Waals surface area contributed by atoms with Gasteiger partial charge in [0.05, 0.1) is 6.61 Å². The molecule has 2 nitrogen and oxygen atoms in total. The summed E-state index contributed by atoms with van der Waals surface area (Å²) in [5, 5.41) is 9.55. The Morgan fingerprint density at radius 3 is 2.93 bits per heavy atom. The van der Waals surface area contributed by atoms with E-state index in [0.717, 1.165) is 24.8 Å². The predicted molar refractivity (Wildman–Crippen MR) is 62.4 cm³/mol. The van der Waals surface area contributed by atoms with Crippen molar-refractivity contribution in [2.75, 3.05) is 6.61 Å². The van der Waals surface area contributed by atoms with Gasteiger partial charge in [0.25, 0.3) is 0 Å². The van der Waals surface area contributed by atoms with Crippen LogP contribution in [-0.4, -0.2) is 11.7 Å². The van der Waals surface area contributed by atoms with Gasteiger partial charge in [0.15, 0.2) is 11.5 Å². The molecule has 0 aliphatic carbocycles. The Balaban J connectivity index is 2.67. The topological polar surface area (TPSA) is 29.5 Å². The molecule has 0 saturated heterocycles. The molecule has 0 spiro atoms. The first-order chi connectivity index (χ1) is 7.27. The first-order valence-corrected chi connectivity index (χ1v) is 5.33. The zero-order valence-corrected chi connectivity index (χ0v) is 9.20. The minimum Gasteiger partial charge on any atom is -0.504 e. The molecule has 1 rings (SSSR count). The lowest BCUT2D eigenvalue weighted by atomic mass is 10.1. The monoisotopic (exact) mass is 206 g/mol. The summed E-state index contributed by atoms with van der Waals surface area (Å²) in [6.07, 6.45) is 4.73. The highest BCUT2D eigenvalue weighted by Crippen LogP contribution is 2.27. The Kier molecular flexibility index (Phi) is 4.75. The predicted octanol–water partition coefficient (Wildman–Crippen LogP) is 3.30. The van der Waals surface area contributed by atoms with Gasteiger partial charge in [0.2, 0.25) is 0 Å². The van der Waals surface area contributed by atoms with Crippen LogP contribution in [0, 0.1) is 0 Å². The van der Waals surface area contributed by atoms with Crippen LogP contribution in [-0.2, 0) is 6.42 Å². The summed E-state index contributed by atoms with van der Waals surface area (Å²) in [5.74, 6) is 0.779. The molecule has 1 aromatic carbocycles. The van der Waals surface area contributed by atoms with Crippen LogP contribution in [0.1, 0.15) is 25.3 Å². The van der Waals surface area contributed by atoms with E-state index in [9.17, 15) is 5.11 Å². The molecule has 82 valence electrons. The third kappa shape index (κ3) is 3.66. The number of hydrogen-bond donors (Lipinski definition) is 1. The summed E-state index contributed by atoms with van der Waals surface area (Å²) in [5.41, 5.74) is 1.11. The van der Waals surface area contributed by atoms with Gasteiger partial charge in [-0.1, -0.05) is 25.5 Å². The van der Waals surface area contributed by atoms with Crippen molar-refractivity contribution < 1.29 is 9.84 Å². The molecule has 0 heterocycles. The summed E-state index contributed by atoms with van der Waals surface area (Å²) in [6.45, 7) is 6.44. The van der Waals surface area contributed by atoms with E-state index >= 15 is 0 Å². The van der Waals surface area contributed by atoms with E-state index in [1.165, 1.54) is 0 Å². The zero-order valence-electron chi connectivity index (χ0n) is 9.20. The highest BCUT2D eigenvalue weighted by Gasteiger charge is 2.02. The Hall–Kier alpha value is -1.44. The molecular formula is C13H18O2. The highest BCUT2D eigenvalue weighted by molar-refractivity contribution is 5.42. The maximum absolute atomic E-state index is 9.55. The van der Waals surface area contributed by atoms with Crippen LogP contribution in [0.2, 0.25) is 0 Å². The first kappa shape index (κ1) is 11.6. The fraction of sp³-hybridized carbons (Fsp3) is 0.385. The van der Waals surface area contributed by atoms with E-state index in [2.05, 4.69) is 13.5 Å². The lowest BCUT2D eigenvalue weighted by Crippen LogP contribution is -1.97. The summed E-state index contributed by atoms with van der Waals surface area (Å²) in [6, 6.07) is 5.41. The lowest BCUT2D eigenvalue weighted by Gasteiger charge is -2.08. The number of phenolic OH excluding ortho intramolecular Hbond substituents is 1. The molecule has 0 unspecified atom stereocenters. The second-order valence-electron chi connectivity index (χ2n) is 3.50. The van der Waals surface area contributed by atoms with Gasteiger partial charge < -0.3 is 9.84 Å². The number of allylic oxidation sites excluding steroid dienone is 1. The number of benzene rings is 1. The molecule has 0 atom stereocenters. The highest BCUT2D eigenvalue weighted by atomic mass is 16.5. The Labute approximate surface area is 91.2 Å². The molecule has 0 aliphatic rings. The number of ether oxygens (including phenoxy) is 1. The average Bonchev–Trinajstić information content (AvgIpc) is 2.23. The maximum Gasteiger partial charge on any atom is 0.161 e. The van der Waals surface area contributed by atoms with E-state index in [1.807, 2.05) is 18.2 Å². The van der Waals surface area contributed by atoms with Gasteiger partial charge in [0.1, 0.15) is 0 Å². The number of aromatic hydroxyl groups is 1. The smallest absolute Gasteiger partial charge is 0.161 e. The van der Waals surface area contributed by atoms with Crippen molar-refractivity contribution in [3.8, 4) is 11.5 Å². The molecule has 1 N–H and O–H groups in total. The summed E-state index contributed by atoms with van der Waals surface area (Å²) in [7, 11) is 0. The van der Waals surface area contributed by atoms with Crippen LogP contribution in [0.4, 0.5) is 0 Å². The van der Waals surface area contributed by atoms with Gasteiger partial charge in [-0.15, -0.1) is 6.58 Å². The molecule has 0 aliphatic heterocycles. The van der Waals surface area contributed by atoms with Crippen molar-refractivity contribution in [3.63, 3.8) is 0 Å². The second kappa shape index (κ2) is 6.12. The number of phenols is 1. The van der Waals surface area contributed by atoms with Crippen molar-refractivity contribution in [3.05, 3.63) is 36.4 Å². The summed E-state index contributed by atoms with van der Waals surface area (Å²) in [4.78, 5) is 0. The molecule has 1 aromatic rings. The van der Waals surface area contributed by atoms with Crippen LogP contribution >= 0.6 is 0 Å². The van der Waals surface area contributed by atoms with Gasteiger partial charge >= 0.3 is 0 Å². The van der Waals surface area contributed by atoms with E-state index in [4.69, 9.17) is 4.74 Å². The van der Waals surface area contributed by atoms with Gasteiger partial charge in [-0.05, 0) is 30.5 Å². The summed E-state index contributed by atoms with van der Waals surface area (Å²) >= 11 is 0. The third-order valence-electron chi connectivity index (χ3n) is 2.16. The number of unbranched alkanes of at least 4 members (excludes halogenated alkanes) is 1. The van der Waals surface area contributed by atoms with Gasteiger partial charge in [0, 0.05) is 0 Å². The van der Waals surface area contributed by atoms with Crippen molar-refractivity contribution in [1.29, 1.82) is 0 Å². The maximum atomic E-state index is 9.55. The molecule has 0 amide bonds. The zero-order chi connectivity index (χ0) is 11.1. The van der Waals surface area contributed by atoms with E-state index in [1.54, 1.807) is 6.07 Å². The van der Waals surface area contributed by atoms with Crippen molar-refractivity contribution in [2.24, 2.45) is 0 Å². The van der Waals surface area contributed by atoms with Crippen molar-refractivity contribution in [1.82, 2.24) is 0 Å². The minimum atomic E-state index is 0.207. The van der Waals surface area contributed by atoms with Crippen molar-refractivity contribution in [2.45, 2.75) is 26.2 Å². The Morgan fingerprint density at radius 2 is 2.27 bits per heavy atom. The second-order valence-corrected chi connectivity index (χ2v) is 3.50. The van der Waals surface area contributed by atoms with Crippen LogP contribution in [0.5, 0.6) is 11.5 Å². The molecule has 15 heavy (non-hydrogen) atoms. The molecular weight excluding hydrogens is 188 g/mol. The SMILES string of the molecule is C=CCc1ccc(O)c(OCCCC)c1. The quantitative estimate of drug-likeness (QED) is 0.571. The number of rotatable bonds is 6. The molecule has 0 aromatic heterocycles. The molecule has 0 bridgehead atoms. The van der Waals surface area contributed by atoms with E-state index < -0.39 is 0 Å². The van der Waals surface area contributed by atoms with Crippen LogP contribution < -0.4 is 4.74 Å². The minimum absolute atomic E-state index is 0.207. The molecule has 0 radical (unpaired) electrons. The van der Waals surface area contributed by atoms with E-state index in [-0.39, 0.29) is 5.75 Å². The van der Waals surface area contributed by atoms with Crippen molar-refractivity contribution >= 4 is 0 Å². The third-order valence-corrected chi connectivity index (χ3v) is 2.16. The van der Waals surface area contributed by atoms with E-state index in [0.29, 0.717) is 12.4 Å². The van der Waals surface area contributed by atoms with Crippen LogP contribution in [0.25, 0.3) is 0 Å². The Bertz CT molecular complexity index is 318. The van der Waals surface area contributed by atoms with Crippen LogP contribution in [0.15, 0.2) is 30.9 Å². The molecule has 2 heteroatoms. The lowest BCUT2D eigenvalue weighted by molar-refractivity contribution is 0.292. The summed E-state index contributed by atoms with van der Waals surface area (Å²) < 4.78 is 5.48. The average molecular weight is 206 g/mol. The molecule has 0 fully saturated rings. The van der Waals surface area contributed by atoms with Gasteiger partial charge in [-0.3, -0.25) is 0 Å². The van der Waals surface area contributed by atoms with Gasteiger partial charge in [-0.25, -0.2) is 0 Å². The van der Waals surface area contributed by atoms with Crippen LogP contribution in [0.3, 0.4) is 0 Å². The fourth-order valence-electron chi connectivity index (χ4n) is 1.29.